The van der Waals surface area contributed by atoms with Crippen LogP contribution in [0.15, 0.2) is 24.3 Å². The number of hydrogen-bond acceptors (Lipinski definition) is 4. The number of carbonyl (C=O) groups excluding carboxylic acids is 1. The van der Waals surface area contributed by atoms with Gasteiger partial charge in [0, 0.05) is 38.8 Å². The molecule has 1 amide bonds. The van der Waals surface area contributed by atoms with Gasteiger partial charge in [0.1, 0.15) is 5.82 Å². The molecule has 0 spiro atoms. The molecule has 5 nitrogen and oxygen atoms in total. The molecule has 2 heterocycles. The highest BCUT2D eigenvalue weighted by atomic mass is 19.1. The zero-order valence-electron chi connectivity index (χ0n) is 15.2. The molecule has 26 heavy (non-hydrogen) atoms. The van der Waals surface area contributed by atoms with E-state index in [1.165, 1.54) is 6.07 Å². The number of piperidine rings is 1. The fourth-order valence-electron chi connectivity index (χ4n) is 4.16. The molecular formula is C20H29FN2O3. The second-order valence-electron chi connectivity index (χ2n) is 7.70. The second kappa shape index (κ2) is 8.93. The van der Waals surface area contributed by atoms with Crippen LogP contribution in [0.3, 0.4) is 0 Å². The van der Waals surface area contributed by atoms with Gasteiger partial charge in [-0.05, 0) is 49.4 Å². The average Bonchev–Trinajstić information content (AvgIpc) is 3.07. The molecule has 6 heteroatoms. The molecule has 1 aromatic carbocycles. The first-order valence-corrected chi connectivity index (χ1v) is 9.56. The topological polar surface area (TPSA) is 64.0 Å². The number of amides is 1. The Balaban J connectivity index is 1.55. The molecule has 2 N–H and O–H groups in total. The monoisotopic (exact) mass is 364 g/mol. The summed E-state index contributed by atoms with van der Waals surface area (Å²) in [5.74, 6) is 0.310. The van der Waals surface area contributed by atoms with Gasteiger partial charge < -0.3 is 20.0 Å². The Bertz CT molecular complexity index is 604. The largest absolute Gasteiger partial charge is 0.396 e. The molecule has 2 aliphatic rings. The van der Waals surface area contributed by atoms with E-state index in [9.17, 15) is 19.4 Å². The smallest absolute Gasteiger partial charge is 0.227 e. The van der Waals surface area contributed by atoms with Crippen molar-refractivity contribution in [2.24, 2.45) is 17.8 Å². The highest BCUT2D eigenvalue weighted by Crippen LogP contribution is 2.27. The minimum atomic E-state index is -0.345. The van der Waals surface area contributed by atoms with E-state index in [0.29, 0.717) is 24.6 Å². The van der Waals surface area contributed by atoms with E-state index in [1.807, 2.05) is 0 Å². The predicted molar refractivity (Wildman–Crippen MR) is 97.0 cm³/mol. The first kappa shape index (κ1) is 19.3. The lowest BCUT2D eigenvalue weighted by Crippen LogP contribution is -2.40. The van der Waals surface area contributed by atoms with Gasteiger partial charge in [0.15, 0.2) is 0 Å². The van der Waals surface area contributed by atoms with Crippen LogP contribution in [0.2, 0.25) is 0 Å². The molecule has 0 radical (unpaired) electrons. The minimum Gasteiger partial charge on any atom is -0.396 e. The maximum atomic E-state index is 13.8. The normalized spacial score (nSPS) is 25.0. The molecule has 1 aromatic rings. The summed E-state index contributed by atoms with van der Waals surface area (Å²) in [7, 11) is 0. The summed E-state index contributed by atoms with van der Waals surface area (Å²) in [4.78, 5) is 16.7. The summed E-state index contributed by atoms with van der Waals surface area (Å²) in [6.45, 7) is 4.29. The SMILES string of the molecule is O=C(Cc1ccccc1F)N1C[C@@H](CO)[C@@H](CN2CCC(CO)CC2)C1. The van der Waals surface area contributed by atoms with Crippen LogP contribution in [-0.2, 0) is 11.2 Å². The standard InChI is InChI=1S/C20H29FN2O3/c21-19-4-2-1-3-16(19)9-20(26)23-11-17(18(12-23)14-25)10-22-7-5-15(13-24)6-8-22/h1-4,15,17-18,24-25H,5-14H2/t17-,18-/m0/s1. The molecule has 0 bridgehead atoms. The number of halogens is 1. The first-order chi connectivity index (χ1) is 12.6. The van der Waals surface area contributed by atoms with Gasteiger partial charge in [0.25, 0.3) is 0 Å². The van der Waals surface area contributed by atoms with E-state index in [-0.39, 0.29) is 43.2 Å². The van der Waals surface area contributed by atoms with Crippen LogP contribution in [0.5, 0.6) is 0 Å². The van der Waals surface area contributed by atoms with Gasteiger partial charge in [-0.3, -0.25) is 4.79 Å². The second-order valence-corrected chi connectivity index (χ2v) is 7.70. The van der Waals surface area contributed by atoms with Crippen LogP contribution in [0, 0.1) is 23.6 Å². The van der Waals surface area contributed by atoms with Crippen molar-refractivity contribution < 1.29 is 19.4 Å². The van der Waals surface area contributed by atoms with Crippen LogP contribution >= 0.6 is 0 Å². The molecule has 2 saturated heterocycles. The Morgan fingerprint density at radius 3 is 2.42 bits per heavy atom. The van der Waals surface area contributed by atoms with E-state index in [1.54, 1.807) is 23.1 Å². The Hall–Kier alpha value is -1.50. The van der Waals surface area contributed by atoms with Gasteiger partial charge in [0.2, 0.25) is 5.91 Å². The van der Waals surface area contributed by atoms with Gasteiger partial charge in [-0.1, -0.05) is 18.2 Å². The van der Waals surface area contributed by atoms with Crippen molar-refractivity contribution in [2.75, 3.05) is 45.9 Å². The third-order valence-electron chi connectivity index (χ3n) is 5.92. The predicted octanol–water partition coefficient (Wildman–Crippen LogP) is 1.14. The quantitative estimate of drug-likeness (QED) is 0.795. The number of rotatable bonds is 6. The van der Waals surface area contributed by atoms with Crippen LogP contribution in [0.25, 0.3) is 0 Å². The molecule has 0 unspecified atom stereocenters. The van der Waals surface area contributed by atoms with Gasteiger partial charge in [-0.2, -0.15) is 0 Å². The summed E-state index contributed by atoms with van der Waals surface area (Å²) in [5, 5.41) is 19.0. The van der Waals surface area contributed by atoms with E-state index in [4.69, 9.17) is 0 Å². The molecule has 2 fully saturated rings. The van der Waals surface area contributed by atoms with E-state index in [0.717, 1.165) is 32.5 Å². The number of carbonyl (C=O) groups is 1. The van der Waals surface area contributed by atoms with Crippen molar-refractivity contribution in [3.05, 3.63) is 35.6 Å². The van der Waals surface area contributed by atoms with Crippen molar-refractivity contribution in [3.8, 4) is 0 Å². The fraction of sp³-hybridized carbons (Fsp3) is 0.650. The highest BCUT2D eigenvalue weighted by Gasteiger charge is 2.36. The van der Waals surface area contributed by atoms with E-state index < -0.39 is 0 Å². The van der Waals surface area contributed by atoms with Crippen molar-refractivity contribution >= 4 is 5.91 Å². The van der Waals surface area contributed by atoms with Crippen LogP contribution in [0.1, 0.15) is 18.4 Å². The number of aliphatic hydroxyl groups excluding tert-OH is 2. The lowest BCUT2D eigenvalue weighted by molar-refractivity contribution is -0.129. The van der Waals surface area contributed by atoms with Crippen LogP contribution in [-0.4, -0.2) is 71.9 Å². The fourth-order valence-corrected chi connectivity index (χ4v) is 4.16. The van der Waals surface area contributed by atoms with E-state index in [2.05, 4.69) is 4.90 Å². The third kappa shape index (κ3) is 4.61. The number of aliphatic hydroxyl groups is 2. The third-order valence-corrected chi connectivity index (χ3v) is 5.92. The van der Waals surface area contributed by atoms with Crippen molar-refractivity contribution in [3.63, 3.8) is 0 Å². The number of hydrogen-bond donors (Lipinski definition) is 2. The van der Waals surface area contributed by atoms with Crippen LogP contribution < -0.4 is 0 Å². The molecule has 0 aliphatic carbocycles. The number of benzene rings is 1. The van der Waals surface area contributed by atoms with Gasteiger partial charge in [-0.15, -0.1) is 0 Å². The maximum Gasteiger partial charge on any atom is 0.227 e. The zero-order valence-corrected chi connectivity index (χ0v) is 15.2. The molecule has 3 rings (SSSR count). The highest BCUT2D eigenvalue weighted by molar-refractivity contribution is 5.79. The Labute approximate surface area is 154 Å². The molecule has 2 atom stereocenters. The van der Waals surface area contributed by atoms with Crippen molar-refractivity contribution in [1.29, 1.82) is 0 Å². The summed E-state index contributed by atoms with van der Waals surface area (Å²) >= 11 is 0. The molecular weight excluding hydrogens is 335 g/mol. The van der Waals surface area contributed by atoms with Gasteiger partial charge in [-0.25, -0.2) is 4.39 Å². The van der Waals surface area contributed by atoms with Crippen molar-refractivity contribution in [1.82, 2.24) is 9.80 Å². The minimum absolute atomic E-state index is 0.0689. The Morgan fingerprint density at radius 2 is 1.77 bits per heavy atom. The van der Waals surface area contributed by atoms with Gasteiger partial charge in [0.05, 0.1) is 6.42 Å². The maximum absolute atomic E-state index is 13.8. The van der Waals surface area contributed by atoms with E-state index >= 15 is 0 Å². The number of nitrogens with zero attached hydrogens (tertiary/aromatic N) is 2. The first-order valence-electron chi connectivity index (χ1n) is 9.56. The van der Waals surface area contributed by atoms with Gasteiger partial charge >= 0.3 is 0 Å². The Morgan fingerprint density at radius 1 is 1.08 bits per heavy atom. The summed E-state index contributed by atoms with van der Waals surface area (Å²) in [6, 6.07) is 6.39. The molecule has 144 valence electrons. The number of likely N-dealkylation sites (tertiary alicyclic amines) is 2. The summed E-state index contributed by atoms with van der Waals surface area (Å²) in [5.41, 5.74) is 0.424. The summed E-state index contributed by atoms with van der Waals surface area (Å²) in [6.07, 6.45) is 2.07. The molecule has 0 saturated carbocycles. The lowest BCUT2D eigenvalue weighted by atomic mass is 9.93. The van der Waals surface area contributed by atoms with Crippen LogP contribution in [0.4, 0.5) is 4.39 Å². The van der Waals surface area contributed by atoms with Crippen molar-refractivity contribution in [2.45, 2.75) is 19.3 Å². The lowest BCUT2D eigenvalue weighted by Gasteiger charge is -2.33. The Kier molecular flexibility index (Phi) is 6.62. The zero-order chi connectivity index (χ0) is 18.5. The molecule has 0 aromatic heterocycles. The summed E-state index contributed by atoms with van der Waals surface area (Å²) < 4.78 is 13.8. The molecule has 2 aliphatic heterocycles. The average molecular weight is 364 g/mol.